The van der Waals surface area contributed by atoms with E-state index in [1.54, 1.807) is 0 Å². The lowest BCUT2D eigenvalue weighted by Crippen LogP contribution is -2.15. The molecule has 0 spiro atoms. The summed E-state index contributed by atoms with van der Waals surface area (Å²) in [5, 5.41) is 0. The van der Waals surface area contributed by atoms with Gasteiger partial charge in [0.2, 0.25) is 0 Å². The molecule has 2 heteroatoms. The van der Waals surface area contributed by atoms with E-state index in [1.807, 2.05) is 0 Å². The quantitative estimate of drug-likeness (QED) is 0.227. The van der Waals surface area contributed by atoms with E-state index in [0.717, 1.165) is 12.3 Å². The predicted molar refractivity (Wildman–Crippen MR) is 101 cm³/mol. The van der Waals surface area contributed by atoms with Gasteiger partial charge in [-0.25, -0.2) is 0 Å². The van der Waals surface area contributed by atoms with Gasteiger partial charge in [0.15, 0.2) is 0 Å². The van der Waals surface area contributed by atoms with Crippen LogP contribution >= 0.6 is 0 Å². The lowest BCUT2D eigenvalue weighted by Gasteiger charge is -2.17. The Morgan fingerprint density at radius 1 is 0.783 bits per heavy atom. The van der Waals surface area contributed by atoms with Crippen LogP contribution in [0.4, 0.5) is 0 Å². The highest BCUT2D eigenvalue weighted by Crippen LogP contribution is 2.18. The van der Waals surface area contributed by atoms with Gasteiger partial charge in [0.1, 0.15) is 0 Å². The molecule has 2 nitrogen and oxygen atoms in total. The van der Waals surface area contributed by atoms with Crippen molar-refractivity contribution in [3.63, 3.8) is 0 Å². The zero-order valence-corrected chi connectivity index (χ0v) is 16.4. The summed E-state index contributed by atoms with van der Waals surface area (Å²) in [4.78, 5) is 11.8. The highest BCUT2D eigenvalue weighted by molar-refractivity contribution is 5.69. The van der Waals surface area contributed by atoms with Crippen LogP contribution in [0.5, 0.6) is 0 Å². The first-order chi connectivity index (χ1) is 11.1. The lowest BCUT2D eigenvalue weighted by atomic mass is 9.95. The second-order valence-corrected chi connectivity index (χ2v) is 7.53. The highest BCUT2D eigenvalue weighted by atomic mass is 16.5. The molecule has 0 saturated carbocycles. The molecule has 0 heterocycles. The third kappa shape index (κ3) is 16.1. The molecule has 0 N–H and O–H groups in total. The Kier molecular flexibility index (Phi) is 16.0. The smallest absolute Gasteiger partial charge is 0.305 e. The van der Waals surface area contributed by atoms with Crippen molar-refractivity contribution in [2.75, 3.05) is 6.61 Å². The van der Waals surface area contributed by atoms with Crippen molar-refractivity contribution in [3.8, 4) is 0 Å². The van der Waals surface area contributed by atoms with Gasteiger partial charge in [0.05, 0.1) is 6.61 Å². The van der Waals surface area contributed by atoms with Crippen molar-refractivity contribution < 1.29 is 9.53 Å². The van der Waals surface area contributed by atoms with E-state index in [2.05, 4.69) is 27.7 Å². The van der Waals surface area contributed by atoms with Gasteiger partial charge in [0, 0.05) is 6.42 Å². The molecule has 138 valence electrons. The van der Waals surface area contributed by atoms with Crippen molar-refractivity contribution in [2.45, 2.75) is 111 Å². The maximum atomic E-state index is 11.8. The fraction of sp³-hybridized carbons (Fsp3) is 0.952. The van der Waals surface area contributed by atoms with Crippen molar-refractivity contribution in [1.29, 1.82) is 0 Å². The Morgan fingerprint density at radius 3 is 1.96 bits per heavy atom. The summed E-state index contributed by atoms with van der Waals surface area (Å²) in [6.07, 6.45) is 15.5. The minimum Gasteiger partial charge on any atom is -0.465 e. The van der Waals surface area contributed by atoms with Crippen molar-refractivity contribution in [2.24, 2.45) is 11.8 Å². The van der Waals surface area contributed by atoms with Crippen LogP contribution in [0, 0.1) is 11.8 Å². The van der Waals surface area contributed by atoms with Crippen LogP contribution in [0.25, 0.3) is 0 Å². The van der Waals surface area contributed by atoms with Gasteiger partial charge < -0.3 is 4.74 Å². The number of unbranched alkanes of at least 4 members (excludes halogenated alkanes) is 7. The predicted octanol–water partition coefficient (Wildman–Crippen LogP) is 6.91. The molecule has 1 atom stereocenters. The molecular formula is C21H42O2. The van der Waals surface area contributed by atoms with Crippen LogP contribution in [0.3, 0.4) is 0 Å². The molecule has 0 bridgehead atoms. The summed E-state index contributed by atoms with van der Waals surface area (Å²) < 4.78 is 5.51. The molecule has 0 aliphatic heterocycles. The fourth-order valence-electron chi connectivity index (χ4n) is 2.97. The summed E-state index contributed by atoms with van der Waals surface area (Å²) in [6.45, 7) is 9.62. The standard InChI is InChI=1S/C21H42O2/c1-5-7-8-9-10-11-12-13-15-21(22)23-18-20(14-6-2)17-16-19(3)4/h19-20H,5-18H2,1-4H3. The Bertz CT molecular complexity index is 261. The first kappa shape index (κ1) is 22.5. The van der Waals surface area contributed by atoms with Crippen LogP contribution in [0.1, 0.15) is 111 Å². The molecule has 0 rings (SSSR count). The first-order valence-corrected chi connectivity index (χ1v) is 10.3. The topological polar surface area (TPSA) is 26.3 Å². The summed E-state index contributed by atoms with van der Waals surface area (Å²) in [5.41, 5.74) is 0. The fourth-order valence-corrected chi connectivity index (χ4v) is 2.97. The molecule has 0 radical (unpaired) electrons. The van der Waals surface area contributed by atoms with Crippen molar-refractivity contribution in [1.82, 2.24) is 0 Å². The summed E-state index contributed by atoms with van der Waals surface area (Å²) in [7, 11) is 0. The van der Waals surface area contributed by atoms with Gasteiger partial charge in [-0.3, -0.25) is 4.79 Å². The number of carbonyl (C=O) groups excluding carboxylic acids is 1. The zero-order valence-electron chi connectivity index (χ0n) is 16.4. The van der Waals surface area contributed by atoms with E-state index < -0.39 is 0 Å². The summed E-state index contributed by atoms with van der Waals surface area (Å²) in [5.74, 6) is 1.31. The molecule has 0 amide bonds. The van der Waals surface area contributed by atoms with Crippen LogP contribution in [-0.2, 0) is 9.53 Å². The first-order valence-electron chi connectivity index (χ1n) is 10.3. The summed E-state index contributed by atoms with van der Waals surface area (Å²) >= 11 is 0. The van der Waals surface area contributed by atoms with Gasteiger partial charge in [-0.1, -0.05) is 85.5 Å². The van der Waals surface area contributed by atoms with Crippen LogP contribution < -0.4 is 0 Å². The zero-order chi connectivity index (χ0) is 17.3. The molecule has 23 heavy (non-hydrogen) atoms. The Morgan fingerprint density at radius 2 is 1.39 bits per heavy atom. The normalized spacial score (nSPS) is 12.6. The van der Waals surface area contributed by atoms with Crippen LogP contribution in [0.15, 0.2) is 0 Å². The van der Waals surface area contributed by atoms with Gasteiger partial charge in [0.25, 0.3) is 0 Å². The number of ether oxygens (including phenoxy) is 1. The molecule has 0 saturated heterocycles. The SMILES string of the molecule is CCCCCCCCCCC(=O)OCC(CCC)CCC(C)C. The largest absolute Gasteiger partial charge is 0.465 e. The van der Waals surface area contributed by atoms with E-state index in [0.29, 0.717) is 18.9 Å². The second kappa shape index (κ2) is 16.3. The average Bonchev–Trinajstić information content (AvgIpc) is 2.52. The summed E-state index contributed by atoms with van der Waals surface area (Å²) in [6, 6.07) is 0. The molecule has 0 aromatic rings. The minimum absolute atomic E-state index is 0.0154. The number of esters is 1. The van der Waals surface area contributed by atoms with Crippen LogP contribution in [-0.4, -0.2) is 12.6 Å². The number of hydrogen-bond donors (Lipinski definition) is 0. The van der Waals surface area contributed by atoms with E-state index in [4.69, 9.17) is 4.74 Å². The van der Waals surface area contributed by atoms with Crippen LogP contribution in [0.2, 0.25) is 0 Å². The van der Waals surface area contributed by atoms with Gasteiger partial charge in [-0.15, -0.1) is 0 Å². The molecule has 0 fully saturated rings. The molecule has 0 aliphatic rings. The Hall–Kier alpha value is -0.530. The molecule has 0 aromatic heterocycles. The average molecular weight is 327 g/mol. The molecule has 0 aliphatic carbocycles. The molecule has 0 aromatic carbocycles. The van der Waals surface area contributed by atoms with E-state index in [1.165, 1.54) is 70.6 Å². The van der Waals surface area contributed by atoms with E-state index in [-0.39, 0.29) is 5.97 Å². The number of rotatable bonds is 16. The van der Waals surface area contributed by atoms with Gasteiger partial charge in [-0.2, -0.15) is 0 Å². The Balaban J connectivity index is 3.59. The van der Waals surface area contributed by atoms with E-state index in [9.17, 15) is 4.79 Å². The molecule has 1 unspecified atom stereocenters. The van der Waals surface area contributed by atoms with Crippen molar-refractivity contribution in [3.05, 3.63) is 0 Å². The molecular weight excluding hydrogens is 284 g/mol. The minimum atomic E-state index is 0.0154. The van der Waals surface area contributed by atoms with E-state index >= 15 is 0 Å². The Labute approximate surface area is 145 Å². The van der Waals surface area contributed by atoms with Gasteiger partial charge in [-0.05, 0) is 31.1 Å². The third-order valence-corrected chi connectivity index (χ3v) is 4.56. The maximum absolute atomic E-state index is 11.8. The number of carbonyl (C=O) groups is 1. The van der Waals surface area contributed by atoms with Gasteiger partial charge >= 0.3 is 5.97 Å². The van der Waals surface area contributed by atoms with Crippen molar-refractivity contribution >= 4 is 5.97 Å². The lowest BCUT2D eigenvalue weighted by molar-refractivity contribution is -0.145. The monoisotopic (exact) mass is 326 g/mol. The highest BCUT2D eigenvalue weighted by Gasteiger charge is 2.12. The maximum Gasteiger partial charge on any atom is 0.305 e. The number of hydrogen-bond acceptors (Lipinski definition) is 2. The third-order valence-electron chi connectivity index (χ3n) is 4.56. The second-order valence-electron chi connectivity index (χ2n) is 7.53.